The number of carbonyl (C=O) groups excluding carboxylic acids is 2. The number of nitrogens with one attached hydrogen (secondary N) is 1. The lowest BCUT2D eigenvalue weighted by molar-refractivity contribution is -0.143. The van der Waals surface area contributed by atoms with Crippen molar-refractivity contribution >= 4 is 11.8 Å². The highest BCUT2D eigenvalue weighted by atomic mass is 19.4. The van der Waals surface area contributed by atoms with E-state index in [9.17, 15) is 35.9 Å². The van der Waals surface area contributed by atoms with Gasteiger partial charge in [0.15, 0.2) is 0 Å². The number of likely N-dealkylation sites (tertiary alicyclic amines) is 1. The summed E-state index contributed by atoms with van der Waals surface area (Å²) in [4.78, 5) is 25.7. The molecule has 0 radical (unpaired) electrons. The monoisotopic (exact) mass is 444 g/mol. The molecule has 2 aromatic carbocycles. The molecular weight excluding hydrogens is 426 g/mol. The summed E-state index contributed by atoms with van der Waals surface area (Å²) in [7, 11) is 0. The molecule has 1 unspecified atom stereocenters. The Bertz CT molecular complexity index is 924. The Morgan fingerprint density at radius 1 is 0.935 bits per heavy atom. The van der Waals surface area contributed by atoms with Gasteiger partial charge in [-0.3, -0.25) is 9.59 Å². The number of nitrogens with zero attached hydrogens (tertiary/aromatic N) is 1. The number of benzene rings is 2. The van der Waals surface area contributed by atoms with Crippen molar-refractivity contribution in [3.8, 4) is 0 Å². The van der Waals surface area contributed by atoms with Crippen LogP contribution in [-0.4, -0.2) is 23.3 Å². The summed E-state index contributed by atoms with van der Waals surface area (Å²) in [5.74, 6) is -1.64. The third-order valence-electron chi connectivity index (χ3n) is 4.92. The second-order valence-corrected chi connectivity index (χ2v) is 7.29. The Kier molecular flexibility index (Phi) is 6.28. The van der Waals surface area contributed by atoms with Crippen LogP contribution in [0.3, 0.4) is 0 Å². The zero-order valence-electron chi connectivity index (χ0n) is 16.1. The molecular formula is C21H18F6N2O2. The fourth-order valence-corrected chi connectivity index (χ4v) is 3.36. The fraction of sp³-hybridized carbons (Fsp3) is 0.333. The molecule has 2 aromatic rings. The van der Waals surface area contributed by atoms with Crippen LogP contribution in [0.15, 0.2) is 48.5 Å². The Morgan fingerprint density at radius 2 is 1.52 bits per heavy atom. The van der Waals surface area contributed by atoms with E-state index in [0.717, 1.165) is 10.5 Å². The number of alkyl halides is 6. The van der Waals surface area contributed by atoms with Crippen molar-refractivity contribution in [3.05, 3.63) is 70.8 Å². The first-order chi connectivity index (χ1) is 14.4. The molecule has 1 heterocycles. The molecule has 1 saturated heterocycles. The summed E-state index contributed by atoms with van der Waals surface area (Å²) < 4.78 is 78.1. The van der Waals surface area contributed by atoms with Gasteiger partial charge in [0.05, 0.1) is 17.0 Å². The SMILES string of the molecule is O=C(NCc1ccccc1)C1CC(=O)N(Cc2cc(C(F)(F)F)cc(C(F)(F)F)c2)C1. The van der Waals surface area contributed by atoms with Crippen molar-refractivity contribution < 1.29 is 35.9 Å². The molecule has 1 aliphatic rings. The Labute approximate surface area is 173 Å². The summed E-state index contributed by atoms with van der Waals surface area (Å²) in [5, 5.41) is 2.69. The average molecular weight is 444 g/mol. The van der Waals surface area contributed by atoms with Gasteiger partial charge in [0.1, 0.15) is 0 Å². The molecule has 1 atom stereocenters. The lowest BCUT2D eigenvalue weighted by Crippen LogP contribution is -2.32. The maximum atomic E-state index is 13.0. The highest BCUT2D eigenvalue weighted by molar-refractivity contribution is 5.89. The normalized spacial score (nSPS) is 17.2. The fourth-order valence-electron chi connectivity index (χ4n) is 3.36. The van der Waals surface area contributed by atoms with Crippen molar-refractivity contribution in [2.75, 3.05) is 6.54 Å². The van der Waals surface area contributed by atoms with Crippen LogP contribution < -0.4 is 5.32 Å². The Balaban J connectivity index is 1.70. The number of amides is 2. The summed E-state index contributed by atoms with van der Waals surface area (Å²) in [5.41, 5.74) is -2.34. The minimum Gasteiger partial charge on any atom is -0.352 e. The molecule has 0 saturated carbocycles. The molecule has 1 N–H and O–H groups in total. The van der Waals surface area contributed by atoms with Gasteiger partial charge in [-0.2, -0.15) is 26.3 Å². The predicted molar refractivity (Wildman–Crippen MR) is 98.3 cm³/mol. The van der Waals surface area contributed by atoms with Gasteiger partial charge in [-0.25, -0.2) is 0 Å². The van der Waals surface area contributed by atoms with Crippen LogP contribution in [0.1, 0.15) is 28.7 Å². The van der Waals surface area contributed by atoms with E-state index in [4.69, 9.17) is 0 Å². The van der Waals surface area contributed by atoms with Gasteiger partial charge in [-0.05, 0) is 29.3 Å². The van der Waals surface area contributed by atoms with Crippen LogP contribution in [0.5, 0.6) is 0 Å². The van der Waals surface area contributed by atoms with Crippen LogP contribution in [0.2, 0.25) is 0 Å². The topological polar surface area (TPSA) is 49.4 Å². The van der Waals surface area contributed by atoms with Crippen molar-refractivity contribution in [1.82, 2.24) is 10.2 Å². The maximum absolute atomic E-state index is 13.0. The molecule has 4 nitrogen and oxygen atoms in total. The summed E-state index contributed by atoms with van der Waals surface area (Å²) in [6.45, 7) is -0.293. The standard InChI is InChI=1S/C21H18F6N2O2/c22-20(23,24)16-6-14(7-17(9-16)21(25,26)27)11-29-12-15(8-18(29)30)19(31)28-10-13-4-2-1-3-5-13/h1-7,9,15H,8,10-12H2,(H,28,31). The second kappa shape index (κ2) is 8.60. The smallest absolute Gasteiger partial charge is 0.352 e. The lowest BCUT2D eigenvalue weighted by Gasteiger charge is -2.19. The molecule has 0 aromatic heterocycles. The van der Waals surface area contributed by atoms with E-state index in [1.54, 1.807) is 24.3 Å². The molecule has 1 fully saturated rings. The van der Waals surface area contributed by atoms with E-state index in [2.05, 4.69) is 5.32 Å². The molecule has 10 heteroatoms. The van der Waals surface area contributed by atoms with Crippen LogP contribution in [0.4, 0.5) is 26.3 Å². The number of carbonyl (C=O) groups is 2. The van der Waals surface area contributed by atoms with Gasteiger partial charge in [-0.15, -0.1) is 0 Å². The maximum Gasteiger partial charge on any atom is 0.416 e. The molecule has 0 bridgehead atoms. The van der Waals surface area contributed by atoms with E-state index in [0.29, 0.717) is 12.1 Å². The first kappa shape index (κ1) is 22.6. The lowest BCUT2D eigenvalue weighted by atomic mass is 10.0. The largest absolute Gasteiger partial charge is 0.416 e. The number of hydrogen-bond donors (Lipinski definition) is 1. The van der Waals surface area contributed by atoms with Crippen molar-refractivity contribution in [2.24, 2.45) is 5.92 Å². The van der Waals surface area contributed by atoms with Crippen molar-refractivity contribution in [1.29, 1.82) is 0 Å². The van der Waals surface area contributed by atoms with Gasteiger partial charge in [0.2, 0.25) is 11.8 Å². The van der Waals surface area contributed by atoms with E-state index in [1.165, 1.54) is 0 Å². The highest BCUT2D eigenvalue weighted by Crippen LogP contribution is 2.36. The molecule has 0 spiro atoms. The first-order valence-corrected chi connectivity index (χ1v) is 9.31. The predicted octanol–water partition coefficient (Wildman–Crippen LogP) is 4.39. The summed E-state index contributed by atoms with van der Waals surface area (Å²) in [6, 6.07) is 10.2. The summed E-state index contributed by atoms with van der Waals surface area (Å²) in [6.07, 6.45) is -10.1. The van der Waals surface area contributed by atoms with Crippen LogP contribution in [0, 0.1) is 5.92 Å². The molecule has 31 heavy (non-hydrogen) atoms. The third-order valence-corrected chi connectivity index (χ3v) is 4.92. The van der Waals surface area contributed by atoms with Gasteiger partial charge in [-0.1, -0.05) is 30.3 Å². The minimum atomic E-state index is -4.97. The molecule has 2 amide bonds. The van der Waals surface area contributed by atoms with Crippen molar-refractivity contribution in [2.45, 2.75) is 31.9 Å². The van der Waals surface area contributed by atoms with E-state index in [1.807, 2.05) is 6.07 Å². The first-order valence-electron chi connectivity index (χ1n) is 9.31. The van der Waals surface area contributed by atoms with Crippen LogP contribution in [0.25, 0.3) is 0 Å². The van der Waals surface area contributed by atoms with Crippen LogP contribution >= 0.6 is 0 Å². The van der Waals surface area contributed by atoms with Gasteiger partial charge < -0.3 is 10.2 Å². The minimum absolute atomic E-state index is 0.0368. The summed E-state index contributed by atoms with van der Waals surface area (Å²) >= 11 is 0. The van der Waals surface area contributed by atoms with E-state index in [-0.39, 0.29) is 31.1 Å². The molecule has 3 rings (SSSR count). The second-order valence-electron chi connectivity index (χ2n) is 7.29. The number of halogens is 6. The Hall–Kier alpha value is -3.04. The van der Waals surface area contributed by atoms with Gasteiger partial charge >= 0.3 is 12.4 Å². The molecule has 166 valence electrons. The van der Waals surface area contributed by atoms with Crippen molar-refractivity contribution in [3.63, 3.8) is 0 Å². The quantitative estimate of drug-likeness (QED) is 0.696. The van der Waals surface area contributed by atoms with E-state index >= 15 is 0 Å². The average Bonchev–Trinajstić information content (AvgIpc) is 3.06. The Morgan fingerprint density at radius 3 is 2.06 bits per heavy atom. The molecule has 0 aliphatic carbocycles. The van der Waals surface area contributed by atoms with Crippen LogP contribution in [-0.2, 0) is 35.0 Å². The molecule has 1 aliphatic heterocycles. The zero-order valence-corrected chi connectivity index (χ0v) is 16.1. The number of hydrogen-bond acceptors (Lipinski definition) is 2. The number of rotatable bonds is 5. The van der Waals surface area contributed by atoms with E-state index < -0.39 is 47.8 Å². The highest BCUT2D eigenvalue weighted by Gasteiger charge is 2.38. The van der Waals surface area contributed by atoms with Gasteiger partial charge in [0, 0.05) is 26.1 Å². The third kappa shape index (κ3) is 5.77. The van der Waals surface area contributed by atoms with Gasteiger partial charge in [0.25, 0.3) is 0 Å². The zero-order chi connectivity index (χ0) is 22.8.